The Morgan fingerprint density at radius 3 is 2.68 bits per heavy atom. The molecule has 0 atom stereocenters. The molecule has 3 rings (SSSR count). The van der Waals surface area contributed by atoms with Crippen LogP contribution in [0.1, 0.15) is 13.8 Å². The summed E-state index contributed by atoms with van der Waals surface area (Å²) in [5, 5.41) is 2.03. The monoisotopic (exact) mass is 254 g/mol. The van der Waals surface area contributed by atoms with Crippen LogP contribution in [0.2, 0.25) is 0 Å². The van der Waals surface area contributed by atoms with Gasteiger partial charge in [-0.05, 0) is 26.0 Å². The molecule has 0 saturated heterocycles. The molecule has 4 nitrogen and oxygen atoms in total. The van der Waals surface area contributed by atoms with Crippen LogP contribution in [-0.4, -0.2) is 21.7 Å². The number of ether oxygens (including phenoxy) is 1. The number of para-hydroxylation sites is 1. The van der Waals surface area contributed by atoms with Crippen molar-refractivity contribution in [2.45, 2.75) is 20.0 Å². The zero-order valence-electron chi connectivity index (χ0n) is 10.8. The molecule has 0 fully saturated rings. The predicted octanol–water partition coefficient (Wildman–Crippen LogP) is 3.58. The molecule has 3 aromatic rings. The molecule has 0 aliphatic rings. The largest absolute Gasteiger partial charge is 0.446 e. The molecule has 0 amide bonds. The smallest absolute Gasteiger partial charge is 0.419 e. The highest BCUT2D eigenvalue weighted by molar-refractivity contribution is 6.12. The molecule has 0 spiro atoms. The number of carbonyl (C=O) groups excluding carboxylic acids is 1. The van der Waals surface area contributed by atoms with Crippen molar-refractivity contribution in [3.63, 3.8) is 0 Å². The first-order valence-corrected chi connectivity index (χ1v) is 6.22. The van der Waals surface area contributed by atoms with E-state index in [2.05, 4.69) is 4.98 Å². The quantitative estimate of drug-likeness (QED) is 0.666. The zero-order chi connectivity index (χ0) is 13.4. The molecule has 0 bridgehead atoms. The maximum absolute atomic E-state index is 12.3. The van der Waals surface area contributed by atoms with Crippen LogP contribution < -0.4 is 0 Å². The highest BCUT2D eigenvalue weighted by atomic mass is 16.6. The van der Waals surface area contributed by atoms with Gasteiger partial charge in [-0.15, -0.1) is 0 Å². The second kappa shape index (κ2) is 4.39. The van der Waals surface area contributed by atoms with Gasteiger partial charge in [-0.3, -0.25) is 4.98 Å². The minimum atomic E-state index is -0.366. The molecule has 0 unspecified atom stereocenters. The lowest BCUT2D eigenvalue weighted by molar-refractivity contribution is 0.119. The average Bonchev–Trinajstić information content (AvgIpc) is 2.72. The Hall–Kier alpha value is -2.36. The van der Waals surface area contributed by atoms with E-state index in [0.717, 1.165) is 21.8 Å². The molecule has 96 valence electrons. The highest BCUT2D eigenvalue weighted by Crippen LogP contribution is 2.28. The third kappa shape index (κ3) is 1.85. The Kier molecular flexibility index (Phi) is 2.71. The topological polar surface area (TPSA) is 44.1 Å². The predicted molar refractivity (Wildman–Crippen MR) is 74.3 cm³/mol. The first kappa shape index (κ1) is 11.7. The van der Waals surface area contributed by atoms with E-state index < -0.39 is 0 Å². The summed E-state index contributed by atoms with van der Waals surface area (Å²) in [6, 6.07) is 9.69. The van der Waals surface area contributed by atoms with E-state index in [1.807, 2.05) is 44.2 Å². The maximum atomic E-state index is 12.3. The van der Waals surface area contributed by atoms with Crippen molar-refractivity contribution in [2.75, 3.05) is 0 Å². The fraction of sp³-hybridized carbons (Fsp3) is 0.200. The van der Waals surface area contributed by atoms with Crippen molar-refractivity contribution in [1.82, 2.24) is 9.55 Å². The Balaban J connectivity index is 2.34. The fourth-order valence-electron chi connectivity index (χ4n) is 2.27. The van der Waals surface area contributed by atoms with Gasteiger partial charge in [-0.25, -0.2) is 9.36 Å². The lowest BCUT2D eigenvalue weighted by Gasteiger charge is -2.10. The van der Waals surface area contributed by atoms with Crippen LogP contribution in [0.25, 0.3) is 21.8 Å². The van der Waals surface area contributed by atoms with E-state index in [1.165, 1.54) is 0 Å². The number of aromatic nitrogens is 2. The van der Waals surface area contributed by atoms with Gasteiger partial charge < -0.3 is 4.74 Å². The number of fused-ring (bicyclic) bond motifs is 3. The molecule has 2 heterocycles. The number of pyridine rings is 1. The number of benzene rings is 1. The van der Waals surface area contributed by atoms with Crippen molar-refractivity contribution in [1.29, 1.82) is 0 Å². The number of rotatable bonds is 1. The molecular weight excluding hydrogens is 240 g/mol. The van der Waals surface area contributed by atoms with Crippen LogP contribution in [0.15, 0.2) is 42.7 Å². The number of carbonyl (C=O) groups is 1. The Bertz CT molecular complexity index is 706. The summed E-state index contributed by atoms with van der Waals surface area (Å²) in [5.41, 5.74) is 1.62. The second-order valence-corrected chi connectivity index (χ2v) is 4.68. The first-order chi connectivity index (χ1) is 9.18. The zero-order valence-corrected chi connectivity index (χ0v) is 10.8. The van der Waals surface area contributed by atoms with Crippen molar-refractivity contribution in [2.24, 2.45) is 0 Å². The van der Waals surface area contributed by atoms with Crippen molar-refractivity contribution in [3.05, 3.63) is 42.7 Å². The van der Waals surface area contributed by atoms with Crippen LogP contribution in [0.3, 0.4) is 0 Å². The standard InChI is InChI=1S/C15H14N2O2/c1-10(2)19-15(18)17-13-6-4-3-5-11(13)12-7-8-16-9-14(12)17/h3-10H,1-2H3. The van der Waals surface area contributed by atoms with E-state index in [0.29, 0.717) is 0 Å². The maximum Gasteiger partial charge on any atom is 0.419 e. The summed E-state index contributed by atoms with van der Waals surface area (Å²) in [6.07, 6.45) is 2.90. The third-order valence-corrected chi connectivity index (χ3v) is 3.00. The van der Waals surface area contributed by atoms with E-state index in [1.54, 1.807) is 17.0 Å². The molecule has 0 aliphatic carbocycles. The lowest BCUT2D eigenvalue weighted by Crippen LogP contribution is -2.17. The fourth-order valence-corrected chi connectivity index (χ4v) is 2.27. The van der Waals surface area contributed by atoms with E-state index >= 15 is 0 Å². The second-order valence-electron chi connectivity index (χ2n) is 4.68. The van der Waals surface area contributed by atoms with Gasteiger partial charge in [-0.1, -0.05) is 18.2 Å². The average molecular weight is 254 g/mol. The molecule has 1 aromatic carbocycles. The summed E-state index contributed by atoms with van der Waals surface area (Å²) < 4.78 is 6.89. The molecule has 19 heavy (non-hydrogen) atoms. The van der Waals surface area contributed by atoms with Gasteiger partial charge in [-0.2, -0.15) is 0 Å². The lowest BCUT2D eigenvalue weighted by atomic mass is 10.2. The van der Waals surface area contributed by atoms with Crippen molar-refractivity contribution >= 4 is 27.9 Å². The minimum absolute atomic E-state index is 0.152. The van der Waals surface area contributed by atoms with Gasteiger partial charge >= 0.3 is 6.09 Å². The number of nitrogens with zero attached hydrogens (tertiary/aromatic N) is 2. The van der Waals surface area contributed by atoms with Gasteiger partial charge in [0, 0.05) is 17.0 Å². The molecule has 0 aliphatic heterocycles. The first-order valence-electron chi connectivity index (χ1n) is 6.22. The number of hydrogen-bond donors (Lipinski definition) is 0. The SMILES string of the molecule is CC(C)OC(=O)n1c2ccccc2c2ccncc21. The normalized spacial score (nSPS) is 11.3. The van der Waals surface area contributed by atoms with E-state index in [-0.39, 0.29) is 12.2 Å². The summed E-state index contributed by atoms with van der Waals surface area (Å²) in [5.74, 6) is 0. The van der Waals surface area contributed by atoms with Gasteiger partial charge in [0.1, 0.15) is 0 Å². The van der Waals surface area contributed by atoms with Crippen LogP contribution >= 0.6 is 0 Å². The summed E-state index contributed by atoms with van der Waals surface area (Å²) in [4.78, 5) is 16.4. The summed E-state index contributed by atoms with van der Waals surface area (Å²) in [6.45, 7) is 3.67. The van der Waals surface area contributed by atoms with Crippen LogP contribution in [0, 0.1) is 0 Å². The highest BCUT2D eigenvalue weighted by Gasteiger charge is 2.17. The molecule has 4 heteroatoms. The van der Waals surface area contributed by atoms with E-state index in [4.69, 9.17) is 4.74 Å². The molecular formula is C15H14N2O2. The van der Waals surface area contributed by atoms with Crippen molar-refractivity contribution < 1.29 is 9.53 Å². The Morgan fingerprint density at radius 1 is 1.16 bits per heavy atom. The molecule has 2 aromatic heterocycles. The van der Waals surface area contributed by atoms with Gasteiger partial charge in [0.05, 0.1) is 23.3 Å². The Labute approximate surface area is 110 Å². The summed E-state index contributed by atoms with van der Waals surface area (Å²) in [7, 11) is 0. The van der Waals surface area contributed by atoms with Gasteiger partial charge in [0.25, 0.3) is 0 Å². The third-order valence-electron chi connectivity index (χ3n) is 3.00. The summed E-state index contributed by atoms with van der Waals surface area (Å²) >= 11 is 0. The van der Waals surface area contributed by atoms with Gasteiger partial charge in [0.2, 0.25) is 0 Å². The minimum Gasteiger partial charge on any atom is -0.446 e. The molecule has 0 saturated carbocycles. The van der Waals surface area contributed by atoms with Crippen LogP contribution in [-0.2, 0) is 4.74 Å². The molecule has 0 radical (unpaired) electrons. The molecule has 0 N–H and O–H groups in total. The van der Waals surface area contributed by atoms with E-state index in [9.17, 15) is 4.79 Å². The number of hydrogen-bond acceptors (Lipinski definition) is 3. The van der Waals surface area contributed by atoms with Gasteiger partial charge in [0.15, 0.2) is 0 Å². The van der Waals surface area contributed by atoms with Crippen LogP contribution in [0.5, 0.6) is 0 Å². The van der Waals surface area contributed by atoms with Crippen molar-refractivity contribution in [3.8, 4) is 0 Å². The Morgan fingerprint density at radius 2 is 1.89 bits per heavy atom. The van der Waals surface area contributed by atoms with Crippen LogP contribution in [0.4, 0.5) is 4.79 Å².